The summed E-state index contributed by atoms with van der Waals surface area (Å²) in [6.07, 6.45) is 0.842. The van der Waals surface area contributed by atoms with Crippen molar-refractivity contribution in [2.75, 3.05) is 0 Å². The molecule has 4 nitrogen and oxygen atoms in total. The van der Waals surface area contributed by atoms with Crippen LogP contribution in [-0.2, 0) is 4.79 Å². The molecule has 21 heavy (non-hydrogen) atoms. The van der Waals surface area contributed by atoms with E-state index < -0.39 is 6.04 Å². The van der Waals surface area contributed by atoms with E-state index in [4.69, 9.17) is 11.6 Å². The first-order valence-electron chi connectivity index (χ1n) is 7.22. The van der Waals surface area contributed by atoms with Crippen LogP contribution in [0.5, 0.6) is 0 Å². The summed E-state index contributed by atoms with van der Waals surface area (Å²) in [5.74, 6) is -0.515. The molecule has 5 heteroatoms. The minimum absolute atomic E-state index is 0.0134. The number of benzene rings is 1. The lowest BCUT2D eigenvalue weighted by Crippen LogP contribution is -2.51. The maximum atomic E-state index is 12.3. The largest absolute Gasteiger partial charge is 0.352 e. The Morgan fingerprint density at radius 2 is 1.76 bits per heavy atom. The third-order valence-electron chi connectivity index (χ3n) is 3.36. The van der Waals surface area contributed by atoms with Crippen LogP contribution in [0.4, 0.5) is 0 Å². The van der Waals surface area contributed by atoms with Crippen LogP contribution in [0.2, 0.25) is 5.02 Å². The Hall–Kier alpha value is -1.55. The van der Waals surface area contributed by atoms with Crippen LogP contribution in [0.3, 0.4) is 0 Å². The van der Waals surface area contributed by atoms with Gasteiger partial charge in [0.1, 0.15) is 6.04 Å². The molecule has 1 aromatic carbocycles. The average Bonchev–Trinajstić information content (AvgIpc) is 2.44. The molecule has 116 valence electrons. The second kappa shape index (κ2) is 8.03. The summed E-state index contributed by atoms with van der Waals surface area (Å²) in [7, 11) is 0. The Morgan fingerprint density at radius 3 is 2.29 bits per heavy atom. The van der Waals surface area contributed by atoms with Crippen molar-refractivity contribution in [2.45, 2.75) is 46.2 Å². The van der Waals surface area contributed by atoms with Gasteiger partial charge >= 0.3 is 0 Å². The van der Waals surface area contributed by atoms with Crippen LogP contribution in [0.15, 0.2) is 24.3 Å². The predicted octanol–water partition coefficient (Wildman–Crippen LogP) is 3.01. The van der Waals surface area contributed by atoms with Crippen LogP contribution in [0.25, 0.3) is 0 Å². The molecule has 0 spiro atoms. The van der Waals surface area contributed by atoms with Gasteiger partial charge in [0.05, 0.1) is 10.6 Å². The van der Waals surface area contributed by atoms with Crippen molar-refractivity contribution in [3.63, 3.8) is 0 Å². The first kappa shape index (κ1) is 17.5. The van der Waals surface area contributed by atoms with E-state index in [1.807, 2.05) is 27.7 Å². The van der Waals surface area contributed by atoms with Gasteiger partial charge in [-0.2, -0.15) is 0 Å². The number of nitrogens with one attached hydrogen (secondary N) is 2. The quantitative estimate of drug-likeness (QED) is 0.848. The molecule has 2 atom stereocenters. The molecule has 1 aromatic rings. The Kier molecular flexibility index (Phi) is 6.69. The molecule has 0 aliphatic carbocycles. The van der Waals surface area contributed by atoms with E-state index in [9.17, 15) is 9.59 Å². The lowest BCUT2D eigenvalue weighted by Gasteiger charge is -2.23. The van der Waals surface area contributed by atoms with E-state index in [-0.39, 0.29) is 23.8 Å². The molecule has 0 saturated carbocycles. The number of hydrogen-bond donors (Lipinski definition) is 2. The summed E-state index contributed by atoms with van der Waals surface area (Å²) >= 11 is 6.01. The van der Waals surface area contributed by atoms with Crippen molar-refractivity contribution in [3.8, 4) is 0 Å². The van der Waals surface area contributed by atoms with Crippen molar-refractivity contribution in [2.24, 2.45) is 5.92 Å². The predicted molar refractivity (Wildman–Crippen MR) is 85.4 cm³/mol. The third kappa shape index (κ3) is 5.05. The molecule has 0 radical (unpaired) electrons. The smallest absolute Gasteiger partial charge is 0.253 e. The highest BCUT2D eigenvalue weighted by atomic mass is 35.5. The van der Waals surface area contributed by atoms with Gasteiger partial charge in [-0.3, -0.25) is 9.59 Å². The maximum Gasteiger partial charge on any atom is 0.253 e. The highest BCUT2D eigenvalue weighted by molar-refractivity contribution is 6.33. The maximum absolute atomic E-state index is 12.3. The molecule has 0 aliphatic heterocycles. The van der Waals surface area contributed by atoms with Gasteiger partial charge in [0, 0.05) is 6.04 Å². The van der Waals surface area contributed by atoms with E-state index >= 15 is 0 Å². The van der Waals surface area contributed by atoms with Crippen molar-refractivity contribution in [1.29, 1.82) is 0 Å². The number of halogens is 1. The average molecular weight is 311 g/mol. The van der Waals surface area contributed by atoms with E-state index in [1.54, 1.807) is 24.3 Å². The highest BCUT2D eigenvalue weighted by Crippen LogP contribution is 2.15. The topological polar surface area (TPSA) is 58.2 Å². The summed E-state index contributed by atoms with van der Waals surface area (Å²) < 4.78 is 0. The molecule has 1 rings (SSSR count). The van der Waals surface area contributed by atoms with Gasteiger partial charge in [-0.15, -0.1) is 0 Å². The van der Waals surface area contributed by atoms with Gasteiger partial charge in [0.25, 0.3) is 5.91 Å². The van der Waals surface area contributed by atoms with Crippen molar-refractivity contribution >= 4 is 23.4 Å². The summed E-state index contributed by atoms with van der Waals surface area (Å²) in [5, 5.41) is 6.04. The van der Waals surface area contributed by atoms with E-state index in [0.717, 1.165) is 6.42 Å². The van der Waals surface area contributed by atoms with Gasteiger partial charge in [0.15, 0.2) is 0 Å². The number of carbonyl (C=O) groups is 2. The molecule has 0 aromatic heterocycles. The summed E-state index contributed by atoms with van der Waals surface area (Å²) in [4.78, 5) is 24.5. The first-order valence-corrected chi connectivity index (χ1v) is 7.60. The monoisotopic (exact) mass is 310 g/mol. The molecule has 0 saturated heterocycles. The van der Waals surface area contributed by atoms with Crippen LogP contribution >= 0.6 is 11.6 Å². The molecular weight excluding hydrogens is 288 g/mol. The fourth-order valence-electron chi connectivity index (χ4n) is 1.83. The minimum atomic E-state index is -0.581. The van der Waals surface area contributed by atoms with Crippen LogP contribution in [0.1, 0.15) is 44.5 Å². The van der Waals surface area contributed by atoms with E-state index in [2.05, 4.69) is 10.6 Å². The second-order valence-electron chi connectivity index (χ2n) is 5.49. The normalized spacial score (nSPS) is 13.6. The summed E-state index contributed by atoms with van der Waals surface area (Å²) in [6, 6.07) is 6.29. The van der Waals surface area contributed by atoms with Gasteiger partial charge < -0.3 is 10.6 Å². The lowest BCUT2D eigenvalue weighted by molar-refractivity contribution is -0.124. The summed E-state index contributed by atoms with van der Waals surface area (Å²) in [6.45, 7) is 7.73. The molecule has 0 fully saturated rings. The zero-order valence-corrected chi connectivity index (χ0v) is 13.7. The van der Waals surface area contributed by atoms with E-state index in [0.29, 0.717) is 10.6 Å². The molecule has 2 N–H and O–H groups in total. The summed E-state index contributed by atoms with van der Waals surface area (Å²) in [5.41, 5.74) is 0.376. The van der Waals surface area contributed by atoms with Gasteiger partial charge in [-0.25, -0.2) is 0 Å². The number of carbonyl (C=O) groups excluding carboxylic acids is 2. The SMILES string of the molecule is CC[C@@H](C)NC(=O)[C@@H](NC(=O)c1ccccc1Cl)C(C)C. The van der Waals surface area contributed by atoms with Crippen molar-refractivity contribution in [3.05, 3.63) is 34.9 Å². The van der Waals surface area contributed by atoms with Gasteiger partial charge in [-0.1, -0.05) is 44.5 Å². The minimum Gasteiger partial charge on any atom is -0.352 e. The lowest BCUT2D eigenvalue weighted by atomic mass is 10.0. The van der Waals surface area contributed by atoms with Crippen LogP contribution in [-0.4, -0.2) is 23.9 Å². The molecule has 2 amide bonds. The van der Waals surface area contributed by atoms with Gasteiger partial charge in [0.2, 0.25) is 5.91 Å². The fourth-order valence-corrected chi connectivity index (χ4v) is 2.06. The molecule has 0 unspecified atom stereocenters. The molecular formula is C16H23ClN2O2. The van der Waals surface area contributed by atoms with Crippen molar-refractivity contribution in [1.82, 2.24) is 10.6 Å². The Balaban J connectivity index is 2.82. The zero-order chi connectivity index (χ0) is 16.0. The Morgan fingerprint density at radius 1 is 1.14 bits per heavy atom. The highest BCUT2D eigenvalue weighted by Gasteiger charge is 2.25. The third-order valence-corrected chi connectivity index (χ3v) is 3.68. The molecule has 0 bridgehead atoms. The second-order valence-corrected chi connectivity index (χ2v) is 5.90. The van der Waals surface area contributed by atoms with Crippen LogP contribution in [0, 0.1) is 5.92 Å². The molecule has 0 heterocycles. The van der Waals surface area contributed by atoms with Crippen molar-refractivity contribution < 1.29 is 9.59 Å². The zero-order valence-electron chi connectivity index (χ0n) is 12.9. The standard InChI is InChI=1S/C16H23ClN2O2/c1-5-11(4)18-16(21)14(10(2)3)19-15(20)12-8-6-7-9-13(12)17/h6-11,14H,5H2,1-4H3,(H,18,21)(H,19,20)/t11-,14+/m1/s1. The number of amides is 2. The first-order chi connectivity index (χ1) is 9.86. The Labute approximate surface area is 131 Å². The van der Waals surface area contributed by atoms with Gasteiger partial charge in [-0.05, 0) is 31.4 Å². The van der Waals surface area contributed by atoms with E-state index in [1.165, 1.54) is 0 Å². The Bertz CT molecular complexity index is 503. The fraction of sp³-hybridized carbons (Fsp3) is 0.500. The molecule has 0 aliphatic rings. The van der Waals surface area contributed by atoms with Crippen LogP contribution < -0.4 is 10.6 Å². The number of rotatable bonds is 6. The number of hydrogen-bond acceptors (Lipinski definition) is 2.